The van der Waals surface area contributed by atoms with E-state index in [0.717, 1.165) is 0 Å². The number of carbonyl (C=O) groups excluding carboxylic acids is 1. The molecule has 0 spiro atoms. The Labute approximate surface area is 73.0 Å². The van der Waals surface area contributed by atoms with Crippen LogP contribution in [0.15, 0.2) is 11.6 Å². The molecule has 1 amide bonds. The largest absolute Gasteiger partial charge is 0.447 e. The van der Waals surface area contributed by atoms with E-state index in [4.69, 9.17) is 4.74 Å². The monoisotopic (exact) mass is 169 g/mol. The van der Waals surface area contributed by atoms with Gasteiger partial charge in [0.25, 0.3) is 0 Å². The average molecular weight is 169 g/mol. The van der Waals surface area contributed by atoms with E-state index in [2.05, 4.69) is 0 Å². The van der Waals surface area contributed by atoms with Crippen LogP contribution in [-0.4, -0.2) is 30.2 Å². The van der Waals surface area contributed by atoms with Gasteiger partial charge in [-0.2, -0.15) is 0 Å². The molecule has 68 valence electrons. The maximum atomic E-state index is 11.3. The SMILES string of the molecule is CC1=CC1N(C)C(=O)OC(C)C. The minimum absolute atomic E-state index is 0.0426. The average Bonchev–Trinajstić information content (AvgIpc) is 2.64. The summed E-state index contributed by atoms with van der Waals surface area (Å²) < 4.78 is 5.02. The molecule has 1 unspecified atom stereocenters. The van der Waals surface area contributed by atoms with Crippen LogP contribution in [0.25, 0.3) is 0 Å². The van der Waals surface area contributed by atoms with Gasteiger partial charge < -0.3 is 9.64 Å². The fourth-order valence-electron chi connectivity index (χ4n) is 1.02. The fraction of sp³-hybridized carbons (Fsp3) is 0.667. The quantitative estimate of drug-likeness (QED) is 0.590. The van der Waals surface area contributed by atoms with Gasteiger partial charge in [-0.25, -0.2) is 4.79 Å². The summed E-state index contributed by atoms with van der Waals surface area (Å²) in [6.45, 7) is 5.70. The number of hydrogen-bond acceptors (Lipinski definition) is 2. The zero-order valence-corrected chi connectivity index (χ0v) is 8.00. The molecule has 0 N–H and O–H groups in total. The van der Waals surface area contributed by atoms with Crippen molar-refractivity contribution in [2.75, 3.05) is 7.05 Å². The molecule has 0 bridgehead atoms. The molecule has 1 rings (SSSR count). The summed E-state index contributed by atoms with van der Waals surface area (Å²) in [7, 11) is 1.75. The summed E-state index contributed by atoms with van der Waals surface area (Å²) in [5.41, 5.74) is 1.23. The second-order valence-corrected chi connectivity index (χ2v) is 3.40. The summed E-state index contributed by atoms with van der Waals surface area (Å²) in [6.07, 6.45) is 1.74. The first kappa shape index (κ1) is 9.10. The van der Waals surface area contributed by atoms with Crippen LogP contribution in [0.1, 0.15) is 20.8 Å². The Hall–Kier alpha value is -0.990. The van der Waals surface area contributed by atoms with E-state index in [-0.39, 0.29) is 18.2 Å². The molecule has 1 aliphatic carbocycles. The molecule has 0 aliphatic heterocycles. The summed E-state index contributed by atoms with van der Waals surface area (Å²) in [4.78, 5) is 12.9. The number of carbonyl (C=O) groups is 1. The van der Waals surface area contributed by atoms with E-state index in [0.29, 0.717) is 0 Å². The van der Waals surface area contributed by atoms with E-state index in [9.17, 15) is 4.79 Å². The van der Waals surface area contributed by atoms with Crippen molar-refractivity contribution in [3.05, 3.63) is 11.6 Å². The summed E-state index contributed by atoms with van der Waals surface area (Å²) in [5.74, 6) is 0. The molecule has 1 atom stereocenters. The smallest absolute Gasteiger partial charge is 0.410 e. The van der Waals surface area contributed by atoms with Crippen molar-refractivity contribution in [3.63, 3.8) is 0 Å². The molecule has 0 heterocycles. The van der Waals surface area contributed by atoms with Crippen LogP contribution < -0.4 is 0 Å². The van der Waals surface area contributed by atoms with Gasteiger partial charge in [0, 0.05) is 7.05 Å². The van der Waals surface area contributed by atoms with Gasteiger partial charge in [0.2, 0.25) is 0 Å². The first-order chi connectivity index (χ1) is 5.52. The van der Waals surface area contributed by atoms with Gasteiger partial charge >= 0.3 is 6.09 Å². The van der Waals surface area contributed by atoms with Crippen LogP contribution in [-0.2, 0) is 4.74 Å². The highest BCUT2D eigenvalue weighted by atomic mass is 16.6. The number of nitrogens with zero attached hydrogens (tertiary/aromatic N) is 1. The van der Waals surface area contributed by atoms with Crippen LogP contribution in [0.2, 0.25) is 0 Å². The Kier molecular flexibility index (Phi) is 2.40. The van der Waals surface area contributed by atoms with Crippen LogP contribution in [0.3, 0.4) is 0 Å². The molecule has 0 radical (unpaired) electrons. The number of amides is 1. The molecular weight excluding hydrogens is 154 g/mol. The third-order valence-electron chi connectivity index (χ3n) is 1.82. The second-order valence-electron chi connectivity index (χ2n) is 3.40. The van der Waals surface area contributed by atoms with E-state index < -0.39 is 0 Å². The van der Waals surface area contributed by atoms with Crippen molar-refractivity contribution in [2.45, 2.75) is 32.9 Å². The second kappa shape index (κ2) is 3.17. The Morgan fingerprint density at radius 1 is 1.67 bits per heavy atom. The fourth-order valence-corrected chi connectivity index (χ4v) is 1.02. The Morgan fingerprint density at radius 2 is 2.17 bits per heavy atom. The molecular formula is C9H15NO2. The molecule has 0 aromatic rings. The van der Waals surface area contributed by atoms with Crippen molar-refractivity contribution >= 4 is 6.09 Å². The van der Waals surface area contributed by atoms with E-state index >= 15 is 0 Å². The highest BCUT2D eigenvalue weighted by molar-refractivity contribution is 5.70. The predicted octanol–water partition coefficient (Wildman–Crippen LogP) is 1.79. The molecule has 0 aromatic heterocycles. The Balaban J connectivity index is 2.33. The number of likely N-dealkylation sites (N-methyl/N-ethyl adjacent to an activating group) is 1. The van der Waals surface area contributed by atoms with Crippen molar-refractivity contribution in [1.29, 1.82) is 0 Å². The standard InChI is InChI=1S/C9H15NO2/c1-6(2)12-9(11)10(4)8-5-7(8)3/h5-6,8H,1-4H3. The lowest BCUT2D eigenvalue weighted by atomic mass is 10.4. The van der Waals surface area contributed by atoms with E-state index in [1.807, 2.05) is 26.8 Å². The highest BCUT2D eigenvalue weighted by Crippen LogP contribution is 2.24. The zero-order chi connectivity index (χ0) is 9.30. The van der Waals surface area contributed by atoms with Crippen LogP contribution in [0.4, 0.5) is 4.79 Å². The lowest BCUT2D eigenvalue weighted by Crippen LogP contribution is -2.32. The molecule has 0 aromatic carbocycles. The number of rotatable bonds is 2. The van der Waals surface area contributed by atoms with Gasteiger partial charge in [-0.1, -0.05) is 6.08 Å². The van der Waals surface area contributed by atoms with Crippen molar-refractivity contribution in [3.8, 4) is 0 Å². The summed E-state index contributed by atoms with van der Waals surface area (Å²) in [6, 6.07) is 0.205. The first-order valence-corrected chi connectivity index (χ1v) is 4.14. The van der Waals surface area contributed by atoms with Gasteiger partial charge in [-0.05, 0) is 26.3 Å². The molecule has 0 saturated heterocycles. The van der Waals surface area contributed by atoms with E-state index in [1.165, 1.54) is 5.57 Å². The maximum Gasteiger partial charge on any atom is 0.410 e. The summed E-state index contributed by atoms with van der Waals surface area (Å²) >= 11 is 0. The summed E-state index contributed by atoms with van der Waals surface area (Å²) in [5, 5.41) is 0. The van der Waals surface area contributed by atoms with Gasteiger partial charge in [-0.15, -0.1) is 0 Å². The Morgan fingerprint density at radius 3 is 2.50 bits per heavy atom. The van der Waals surface area contributed by atoms with Crippen LogP contribution in [0.5, 0.6) is 0 Å². The van der Waals surface area contributed by atoms with Crippen molar-refractivity contribution in [1.82, 2.24) is 4.90 Å². The lowest BCUT2D eigenvalue weighted by Gasteiger charge is -2.18. The predicted molar refractivity (Wildman–Crippen MR) is 46.9 cm³/mol. The van der Waals surface area contributed by atoms with Gasteiger partial charge in [0.15, 0.2) is 0 Å². The van der Waals surface area contributed by atoms with Gasteiger partial charge in [0.05, 0.1) is 12.1 Å². The third-order valence-corrected chi connectivity index (χ3v) is 1.82. The highest BCUT2D eigenvalue weighted by Gasteiger charge is 2.29. The molecule has 3 nitrogen and oxygen atoms in total. The molecule has 3 heteroatoms. The molecule has 12 heavy (non-hydrogen) atoms. The van der Waals surface area contributed by atoms with Crippen molar-refractivity contribution < 1.29 is 9.53 Å². The van der Waals surface area contributed by atoms with Crippen molar-refractivity contribution in [2.24, 2.45) is 0 Å². The lowest BCUT2D eigenvalue weighted by molar-refractivity contribution is 0.0835. The number of hydrogen-bond donors (Lipinski definition) is 0. The zero-order valence-electron chi connectivity index (χ0n) is 8.00. The van der Waals surface area contributed by atoms with Gasteiger partial charge in [-0.3, -0.25) is 0 Å². The third kappa shape index (κ3) is 2.00. The molecule has 1 aliphatic rings. The van der Waals surface area contributed by atoms with Crippen LogP contribution >= 0.6 is 0 Å². The maximum absolute atomic E-state index is 11.3. The number of ether oxygens (including phenoxy) is 1. The van der Waals surface area contributed by atoms with Gasteiger partial charge in [0.1, 0.15) is 0 Å². The minimum Gasteiger partial charge on any atom is -0.447 e. The molecule has 0 saturated carbocycles. The minimum atomic E-state index is -0.247. The first-order valence-electron chi connectivity index (χ1n) is 4.14. The Bertz CT molecular complexity index is 221. The molecule has 0 fully saturated rings. The van der Waals surface area contributed by atoms with Crippen LogP contribution in [0, 0.1) is 0 Å². The normalized spacial score (nSPS) is 20.4. The van der Waals surface area contributed by atoms with E-state index in [1.54, 1.807) is 11.9 Å². The topological polar surface area (TPSA) is 29.5 Å².